The van der Waals surface area contributed by atoms with Crippen molar-refractivity contribution in [2.45, 2.75) is 52.4 Å². The summed E-state index contributed by atoms with van der Waals surface area (Å²) in [4.78, 5) is 10.9. The summed E-state index contributed by atoms with van der Waals surface area (Å²) in [5.41, 5.74) is 1.78. The average molecular weight is 222 g/mol. The summed E-state index contributed by atoms with van der Waals surface area (Å²) in [7, 11) is 0. The van der Waals surface area contributed by atoms with E-state index in [1.165, 1.54) is 24.8 Å². The van der Waals surface area contributed by atoms with E-state index in [1.54, 1.807) is 0 Å². The van der Waals surface area contributed by atoms with Gasteiger partial charge in [-0.1, -0.05) is 25.0 Å². The second-order valence-electron chi connectivity index (χ2n) is 5.92. The van der Waals surface area contributed by atoms with Gasteiger partial charge in [-0.3, -0.25) is 4.79 Å². The summed E-state index contributed by atoms with van der Waals surface area (Å²) in [6, 6.07) is 0. The van der Waals surface area contributed by atoms with Gasteiger partial charge in [0.25, 0.3) is 0 Å². The van der Waals surface area contributed by atoms with Gasteiger partial charge in [-0.15, -0.1) is 0 Å². The highest BCUT2D eigenvalue weighted by Gasteiger charge is 2.45. The second kappa shape index (κ2) is 4.23. The maximum Gasteiger partial charge on any atom is 0.303 e. The summed E-state index contributed by atoms with van der Waals surface area (Å²) in [5.74, 6) is 0.422. The maximum absolute atomic E-state index is 10.9. The Kier molecular flexibility index (Phi) is 3.09. The SMILES string of the molecule is CC1=CC(C)CC2(CCCC2CC(=O)O)C1. The Morgan fingerprint density at radius 1 is 1.62 bits per heavy atom. The van der Waals surface area contributed by atoms with Crippen LogP contribution in [-0.4, -0.2) is 11.1 Å². The van der Waals surface area contributed by atoms with Crippen molar-refractivity contribution in [3.8, 4) is 0 Å². The number of hydrogen-bond donors (Lipinski definition) is 1. The monoisotopic (exact) mass is 222 g/mol. The van der Waals surface area contributed by atoms with Crippen LogP contribution in [0.5, 0.6) is 0 Å². The molecule has 0 saturated heterocycles. The maximum atomic E-state index is 10.9. The fourth-order valence-corrected chi connectivity index (χ4v) is 4.11. The molecule has 1 saturated carbocycles. The number of carbonyl (C=O) groups is 1. The molecule has 0 amide bonds. The van der Waals surface area contributed by atoms with Crippen LogP contribution >= 0.6 is 0 Å². The molecule has 16 heavy (non-hydrogen) atoms. The molecule has 2 rings (SSSR count). The largest absolute Gasteiger partial charge is 0.481 e. The number of allylic oxidation sites excluding steroid dienone is 2. The van der Waals surface area contributed by atoms with E-state index in [0.717, 1.165) is 12.8 Å². The molecule has 0 aliphatic heterocycles. The molecular weight excluding hydrogens is 200 g/mol. The Bertz CT molecular complexity index is 319. The van der Waals surface area contributed by atoms with E-state index in [4.69, 9.17) is 5.11 Å². The first-order valence-electron chi connectivity index (χ1n) is 6.41. The molecule has 1 spiro atoms. The molecule has 2 heteroatoms. The van der Waals surface area contributed by atoms with Crippen molar-refractivity contribution >= 4 is 5.97 Å². The minimum atomic E-state index is -0.619. The standard InChI is InChI=1S/C14H22O2/c1-10-6-11(2)9-14(8-10)5-3-4-12(14)7-13(15)16/h6,10,12H,3-5,7-9H2,1-2H3,(H,15,16). The number of rotatable bonds is 2. The van der Waals surface area contributed by atoms with E-state index < -0.39 is 5.97 Å². The van der Waals surface area contributed by atoms with Crippen LogP contribution in [0.4, 0.5) is 0 Å². The Balaban J connectivity index is 2.17. The predicted molar refractivity (Wildman–Crippen MR) is 64.2 cm³/mol. The van der Waals surface area contributed by atoms with Crippen molar-refractivity contribution in [3.63, 3.8) is 0 Å². The van der Waals surface area contributed by atoms with E-state index in [2.05, 4.69) is 19.9 Å². The lowest BCUT2D eigenvalue weighted by atomic mass is 9.64. The van der Waals surface area contributed by atoms with Crippen LogP contribution in [0, 0.1) is 17.3 Å². The van der Waals surface area contributed by atoms with E-state index >= 15 is 0 Å². The minimum absolute atomic E-state index is 0.316. The van der Waals surface area contributed by atoms with Gasteiger partial charge in [-0.05, 0) is 49.9 Å². The molecular formula is C14H22O2. The van der Waals surface area contributed by atoms with Crippen LogP contribution in [0.2, 0.25) is 0 Å². The lowest BCUT2D eigenvalue weighted by Crippen LogP contribution is -2.32. The van der Waals surface area contributed by atoms with Gasteiger partial charge in [0, 0.05) is 6.42 Å². The molecule has 0 aromatic rings. The van der Waals surface area contributed by atoms with E-state index in [-0.39, 0.29) is 0 Å². The van der Waals surface area contributed by atoms with Crippen molar-refractivity contribution in [1.82, 2.24) is 0 Å². The Labute approximate surface area is 97.7 Å². The lowest BCUT2D eigenvalue weighted by molar-refractivity contribution is -0.139. The third-order valence-corrected chi connectivity index (χ3v) is 4.44. The fraction of sp³-hybridized carbons (Fsp3) is 0.786. The summed E-state index contributed by atoms with van der Waals surface area (Å²) in [6.45, 7) is 4.47. The van der Waals surface area contributed by atoms with Crippen LogP contribution in [0.15, 0.2) is 11.6 Å². The van der Waals surface area contributed by atoms with Crippen molar-refractivity contribution in [2.75, 3.05) is 0 Å². The Morgan fingerprint density at radius 3 is 3.00 bits per heavy atom. The fourth-order valence-electron chi connectivity index (χ4n) is 4.11. The summed E-state index contributed by atoms with van der Waals surface area (Å²) in [6.07, 6.45) is 8.64. The van der Waals surface area contributed by atoms with Crippen molar-refractivity contribution < 1.29 is 9.90 Å². The van der Waals surface area contributed by atoms with Gasteiger partial charge in [-0.25, -0.2) is 0 Å². The molecule has 2 nitrogen and oxygen atoms in total. The van der Waals surface area contributed by atoms with Crippen LogP contribution in [0.3, 0.4) is 0 Å². The number of aliphatic carboxylic acids is 1. The van der Waals surface area contributed by atoms with E-state index in [0.29, 0.717) is 23.7 Å². The predicted octanol–water partition coefficient (Wildman–Crippen LogP) is 3.62. The number of hydrogen-bond acceptors (Lipinski definition) is 1. The Hall–Kier alpha value is -0.790. The number of carboxylic acid groups (broad SMARTS) is 1. The third-order valence-electron chi connectivity index (χ3n) is 4.44. The molecule has 2 aliphatic rings. The van der Waals surface area contributed by atoms with Gasteiger partial charge >= 0.3 is 5.97 Å². The second-order valence-corrected chi connectivity index (χ2v) is 5.92. The molecule has 0 aromatic carbocycles. The Morgan fingerprint density at radius 2 is 2.38 bits per heavy atom. The quantitative estimate of drug-likeness (QED) is 0.724. The molecule has 0 heterocycles. The first-order chi connectivity index (χ1) is 7.52. The lowest BCUT2D eigenvalue weighted by Gasteiger charge is -2.40. The van der Waals surface area contributed by atoms with Crippen molar-refractivity contribution in [1.29, 1.82) is 0 Å². The van der Waals surface area contributed by atoms with Crippen molar-refractivity contribution in [3.05, 3.63) is 11.6 Å². The van der Waals surface area contributed by atoms with Crippen molar-refractivity contribution in [2.24, 2.45) is 17.3 Å². The zero-order valence-corrected chi connectivity index (χ0v) is 10.3. The highest BCUT2D eigenvalue weighted by molar-refractivity contribution is 5.67. The average Bonchev–Trinajstić information content (AvgIpc) is 2.45. The number of carboxylic acids is 1. The molecule has 90 valence electrons. The third kappa shape index (κ3) is 2.16. The van der Waals surface area contributed by atoms with Crippen LogP contribution < -0.4 is 0 Å². The smallest absolute Gasteiger partial charge is 0.303 e. The highest BCUT2D eigenvalue weighted by atomic mass is 16.4. The zero-order valence-electron chi connectivity index (χ0n) is 10.3. The van der Waals surface area contributed by atoms with Gasteiger partial charge in [-0.2, -0.15) is 0 Å². The molecule has 3 atom stereocenters. The molecule has 3 unspecified atom stereocenters. The molecule has 1 fully saturated rings. The molecule has 2 aliphatic carbocycles. The van der Waals surface area contributed by atoms with Gasteiger partial charge in [0.05, 0.1) is 0 Å². The summed E-state index contributed by atoms with van der Waals surface area (Å²) >= 11 is 0. The van der Waals surface area contributed by atoms with Crippen LogP contribution in [0.1, 0.15) is 52.4 Å². The zero-order chi connectivity index (χ0) is 11.8. The molecule has 0 bridgehead atoms. The normalized spacial score (nSPS) is 38.8. The molecule has 0 radical (unpaired) electrons. The van der Waals surface area contributed by atoms with Crippen LogP contribution in [0.25, 0.3) is 0 Å². The summed E-state index contributed by atoms with van der Waals surface area (Å²) < 4.78 is 0. The van der Waals surface area contributed by atoms with Gasteiger partial charge in [0.1, 0.15) is 0 Å². The van der Waals surface area contributed by atoms with Crippen LogP contribution in [-0.2, 0) is 4.79 Å². The summed E-state index contributed by atoms with van der Waals surface area (Å²) in [5, 5.41) is 9.01. The first-order valence-corrected chi connectivity index (χ1v) is 6.41. The van der Waals surface area contributed by atoms with E-state index in [9.17, 15) is 4.79 Å². The van der Waals surface area contributed by atoms with Gasteiger partial charge in [0.15, 0.2) is 0 Å². The molecule has 0 aromatic heterocycles. The highest BCUT2D eigenvalue weighted by Crippen LogP contribution is 2.55. The topological polar surface area (TPSA) is 37.3 Å². The van der Waals surface area contributed by atoms with E-state index in [1.807, 2.05) is 0 Å². The first kappa shape index (κ1) is 11.7. The minimum Gasteiger partial charge on any atom is -0.481 e. The molecule has 1 N–H and O–H groups in total. The van der Waals surface area contributed by atoms with Gasteiger partial charge in [0.2, 0.25) is 0 Å². The van der Waals surface area contributed by atoms with Gasteiger partial charge < -0.3 is 5.11 Å².